The molecule has 0 spiro atoms. The van der Waals surface area contributed by atoms with Crippen LogP contribution in [0.3, 0.4) is 0 Å². The number of hydrogen-bond acceptors (Lipinski definition) is 3. The van der Waals surface area contributed by atoms with Gasteiger partial charge in [-0.3, -0.25) is 0 Å². The summed E-state index contributed by atoms with van der Waals surface area (Å²) in [5.74, 6) is 0. The van der Waals surface area contributed by atoms with E-state index in [4.69, 9.17) is 10.8 Å². The molecule has 0 heterocycles. The van der Waals surface area contributed by atoms with E-state index in [1.165, 1.54) is 5.56 Å². The number of aliphatic hydroxyl groups excluding tert-OH is 1. The zero-order chi connectivity index (χ0) is 14.4. The van der Waals surface area contributed by atoms with E-state index in [9.17, 15) is 0 Å². The van der Waals surface area contributed by atoms with E-state index < -0.39 is 0 Å². The van der Waals surface area contributed by atoms with Gasteiger partial charge in [-0.1, -0.05) is 37.3 Å². The second-order valence-corrected chi connectivity index (χ2v) is 4.99. The van der Waals surface area contributed by atoms with Gasteiger partial charge in [-0.2, -0.15) is 0 Å². The van der Waals surface area contributed by atoms with Crippen molar-refractivity contribution >= 4 is 11.4 Å². The fraction of sp³-hybridized carbons (Fsp3) is 0.294. The largest absolute Gasteiger partial charge is 0.399 e. The van der Waals surface area contributed by atoms with Crippen LogP contribution < -0.4 is 10.6 Å². The fourth-order valence-electron chi connectivity index (χ4n) is 2.26. The molecule has 0 saturated heterocycles. The molecule has 2 rings (SSSR count). The van der Waals surface area contributed by atoms with Gasteiger partial charge in [0.05, 0.1) is 6.61 Å². The van der Waals surface area contributed by atoms with E-state index in [1.807, 2.05) is 30.3 Å². The Hall–Kier alpha value is -2.00. The maximum atomic E-state index is 9.08. The van der Waals surface area contributed by atoms with E-state index in [-0.39, 0.29) is 6.61 Å². The zero-order valence-electron chi connectivity index (χ0n) is 11.9. The summed E-state index contributed by atoms with van der Waals surface area (Å²) in [7, 11) is 0. The minimum Gasteiger partial charge on any atom is -0.399 e. The molecule has 3 N–H and O–H groups in total. The van der Waals surface area contributed by atoms with Crippen molar-refractivity contribution in [2.45, 2.75) is 26.5 Å². The SMILES string of the molecule is CCCN(Cc1ccc(CO)cc1)c1cccc(N)c1. The molecular weight excluding hydrogens is 248 g/mol. The van der Waals surface area contributed by atoms with Gasteiger partial charge in [0, 0.05) is 24.5 Å². The van der Waals surface area contributed by atoms with Crippen LogP contribution in [0, 0.1) is 0 Å². The van der Waals surface area contributed by atoms with Crippen LogP contribution in [0.2, 0.25) is 0 Å². The maximum Gasteiger partial charge on any atom is 0.0681 e. The number of nitrogen functional groups attached to an aromatic ring is 1. The van der Waals surface area contributed by atoms with E-state index in [0.29, 0.717) is 0 Å². The summed E-state index contributed by atoms with van der Waals surface area (Å²) >= 11 is 0. The summed E-state index contributed by atoms with van der Waals surface area (Å²) in [5, 5.41) is 9.08. The molecule has 2 aromatic rings. The lowest BCUT2D eigenvalue weighted by molar-refractivity contribution is 0.282. The third-order valence-corrected chi connectivity index (χ3v) is 3.31. The molecule has 0 radical (unpaired) electrons. The molecule has 0 amide bonds. The van der Waals surface area contributed by atoms with Crippen molar-refractivity contribution in [1.82, 2.24) is 0 Å². The first-order chi connectivity index (χ1) is 9.72. The van der Waals surface area contributed by atoms with Crippen LogP contribution in [-0.2, 0) is 13.2 Å². The highest BCUT2D eigenvalue weighted by molar-refractivity contribution is 5.56. The molecular formula is C17H22N2O. The van der Waals surface area contributed by atoms with E-state index >= 15 is 0 Å². The number of benzene rings is 2. The maximum absolute atomic E-state index is 9.08. The molecule has 2 aromatic carbocycles. The third-order valence-electron chi connectivity index (χ3n) is 3.31. The molecule has 0 aliphatic rings. The molecule has 106 valence electrons. The van der Waals surface area contributed by atoms with Gasteiger partial charge in [0.1, 0.15) is 0 Å². The van der Waals surface area contributed by atoms with Crippen molar-refractivity contribution in [3.05, 3.63) is 59.7 Å². The number of nitrogens with zero attached hydrogens (tertiary/aromatic N) is 1. The Kier molecular flexibility index (Phi) is 5.02. The van der Waals surface area contributed by atoms with Crippen LogP contribution >= 0.6 is 0 Å². The lowest BCUT2D eigenvalue weighted by Gasteiger charge is -2.25. The summed E-state index contributed by atoms with van der Waals surface area (Å²) in [6.07, 6.45) is 1.09. The summed E-state index contributed by atoms with van der Waals surface area (Å²) in [4.78, 5) is 2.32. The van der Waals surface area contributed by atoms with E-state index in [2.05, 4.69) is 30.0 Å². The van der Waals surface area contributed by atoms with E-state index in [1.54, 1.807) is 0 Å². The van der Waals surface area contributed by atoms with Gasteiger partial charge >= 0.3 is 0 Å². The Balaban J connectivity index is 2.16. The van der Waals surface area contributed by atoms with Crippen LogP contribution in [0.1, 0.15) is 24.5 Å². The Morgan fingerprint density at radius 3 is 2.35 bits per heavy atom. The number of hydrogen-bond donors (Lipinski definition) is 2. The van der Waals surface area contributed by atoms with Crippen molar-refractivity contribution in [1.29, 1.82) is 0 Å². The molecule has 0 aliphatic carbocycles. The minimum absolute atomic E-state index is 0.0914. The normalized spacial score (nSPS) is 10.5. The zero-order valence-corrected chi connectivity index (χ0v) is 11.9. The summed E-state index contributed by atoms with van der Waals surface area (Å²) < 4.78 is 0. The highest BCUT2D eigenvalue weighted by atomic mass is 16.3. The lowest BCUT2D eigenvalue weighted by atomic mass is 10.1. The van der Waals surface area contributed by atoms with Crippen LogP contribution in [0.25, 0.3) is 0 Å². The summed E-state index contributed by atoms with van der Waals surface area (Å²) in [6.45, 7) is 4.11. The van der Waals surface area contributed by atoms with Crippen LogP contribution in [0.4, 0.5) is 11.4 Å². The van der Waals surface area contributed by atoms with Crippen molar-refractivity contribution < 1.29 is 5.11 Å². The smallest absolute Gasteiger partial charge is 0.0681 e. The predicted molar refractivity (Wildman–Crippen MR) is 84.6 cm³/mol. The van der Waals surface area contributed by atoms with Crippen molar-refractivity contribution in [2.24, 2.45) is 0 Å². The van der Waals surface area contributed by atoms with Crippen LogP contribution in [0.15, 0.2) is 48.5 Å². The monoisotopic (exact) mass is 270 g/mol. The highest BCUT2D eigenvalue weighted by Gasteiger charge is 2.07. The molecule has 3 heteroatoms. The Morgan fingerprint density at radius 1 is 1.05 bits per heavy atom. The first-order valence-electron chi connectivity index (χ1n) is 7.02. The summed E-state index contributed by atoms with van der Waals surface area (Å²) in [5.41, 5.74) is 9.99. The lowest BCUT2D eigenvalue weighted by Crippen LogP contribution is -2.23. The van der Waals surface area contributed by atoms with Gasteiger partial charge in [0.25, 0.3) is 0 Å². The highest BCUT2D eigenvalue weighted by Crippen LogP contribution is 2.20. The Labute approximate surface area is 120 Å². The average molecular weight is 270 g/mol. The molecule has 0 aliphatic heterocycles. The molecule has 0 atom stereocenters. The molecule has 0 aromatic heterocycles. The molecule has 0 saturated carbocycles. The number of anilines is 2. The van der Waals surface area contributed by atoms with Crippen LogP contribution in [-0.4, -0.2) is 11.7 Å². The number of nitrogens with two attached hydrogens (primary N) is 1. The Bertz CT molecular complexity index is 537. The molecule has 20 heavy (non-hydrogen) atoms. The molecule has 0 unspecified atom stereocenters. The number of rotatable bonds is 6. The Morgan fingerprint density at radius 2 is 1.75 bits per heavy atom. The minimum atomic E-state index is 0.0914. The van der Waals surface area contributed by atoms with Crippen LogP contribution in [0.5, 0.6) is 0 Å². The first-order valence-corrected chi connectivity index (χ1v) is 7.02. The van der Waals surface area contributed by atoms with Gasteiger partial charge in [-0.25, -0.2) is 0 Å². The second kappa shape index (κ2) is 6.96. The van der Waals surface area contributed by atoms with Gasteiger partial charge in [0.2, 0.25) is 0 Å². The second-order valence-electron chi connectivity index (χ2n) is 4.99. The van der Waals surface area contributed by atoms with Crippen molar-refractivity contribution in [2.75, 3.05) is 17.2 Å². The fourth-order valence-corrected chi connectivity index (χ4v) is 2.26. The molecule has 3 nitrogen and oxygen atoms in total. The molecule has 0 bridgehead atoms. The van der Waals surface area contributed by atoms with Crippen molar-refractivity contribution in [3.8, 4) is 0 Å². The average Bonchev–Trinajstić information content (AvgIpc) is 2.47. The quantitative estimate of drug-likeness (QED) is 0.793. The van der Waals surface area contributed by atoms with Gasteiger partial charge in [-0.15, -0.1) is 0 Å². The first kappa shape index (κ1) is 14.4. The number of aliphatic hydroxyl groups is 1. The van der Waals surface area contributed by atoms with Gasteiger partial charge in [0.15, 0.2) is 0 Å². The van der Waals surface area contributed by atoms with Gasteiger partial charge < -0.3 is 15.7 Å². The van der Waals surface area contributed by atoms with E-state index in [0.717, 1.165) is 36.4 Å². The van der Waals surface area contributed by atoms with Crippen molar-refractivity contribution in [3.63, 3.8) is 0 Å². The standard InChI is InChI=1S/C17H22N2O/c1-2-10-19(17-5-3-4-16(18)11-17)12-14-6-8-15(13-20)9-7-14/h3-9,11,20H,2,10,12-13,18H2,1H3. The molecule has 0 fully saturated rings. The summed E-state index contributed by atoms with van der Waals surface area (Å²) in [6, 6.07) is 16.1. The predicted octanol–water partition coefficient (Wildman–Crippen LogP) is 3.18. The third kappa shape index (κ3) is 3.75. The van der Waals surface area contributed by atoms with Gasteiger partial charge in [-0.05, 0) is 35.7 Å². The topological polar surface area (TPSA) is 49.5 Å².